The van der Waals surface area contributed by atoms with Gasteiger partial charge in [-0.05, 0) is 35.7 Å². The Morgan fingerprint density at radius 3 is 1.96 bits per heavy atom. The molecule has 0 saturated heterocycles. The number of fused-ring (bicyclic) bond motifs is 13. The highest BCUT2D eigenvalue weighted by atomic mass is 16.3. The summed E-state index contributed by atoms with van der Waals surface area (Å²) in [6.45, 7) is 4.40. The molecule has 0 fully saturated rings. The zero-order chi connectivity index (χ0) is 32.5. The third-order valence-electron chi connectivity index (χ3n) is 9.96. The summed E-state index contributed by atoms with van der Waals surface area (Å²) in [5.41, 5.74) is 7.83. The number of aromatic nitrogens is 1. The number of rotatable bonds is 5. The first kappa shape index (κ1) is 27.6. The number of furan rings is 1. The van der Waals surface area contributed by atoms with Crippen molar-refractivity contribution in [2.45, 2.75) is 6.67 Å². The molecule has 0 saturated carbocycles. The molecule has 2 aromatic heterocycles. The van der Waals surface area contributed by atoms with Crippen LogP contribution in [0.3, 0.4) is 0 Å². The van der Waals surface area contributed by atoms with Crippen molar-refractivity contribution in [2.24, 2.45) is 9.98 Å². The van der Waals surface area contributed by atoms with Crippen molar-refractivity contribution in [1.29, 1.82) is 0 Å². The first-order chi connectivity index (χ1) is 24.3. The maximum absolute atomic E-state index is 6.87. The number of nitrogens with zero attached hydrogens (tertiary/aromatic N) is 3. The molecule has 8 aromatic carbocycles. The van der Waals surface area contributed by atoms with Gasteiger partial charge in [0.1, 0.15) is 17.8 Å². The van der Waals surface area contributed by atoms with E-state index in [2.05, 4.69) is 156 Å². The lowest BCUT2D eigenvalue weighted by Crippen LogP contribution is -2.07. The standard InChI is InChI=1S/C45H29N3O/c1-46-42-31-17-7-5-13-28(31)24-26-37(42)41(30-15-3-2-4-16-30)47-27-48-38-22-12-11-21-35(38)39-40-36-25-23-29-14-6-8-18-32(29)44(36)49-45(40)34-20-10-9-19-33(34)43(39)48/h2-26H,1,27H2/b47-41-. The van der Waals surface area contributed by atoms with Crippen LogP contribution in [0.5, 0.6) is 0 Å². The number of benzene rings is 8. The highest BCUT2D eigenvalue weighted by molar-refractivity contribution is 6.36. The van der Waals surface area contributed by atoms with Crippen LogP contribution in [0.15, 0.2) is 166 Å². The van der Waals surface area contributed by atoms with Crippen molar-refractivity contribution in [3.05, 3.63) is 163 Å². The second-order valence-electron chi connectivity index (χ2n) is 12.5. The number of hydrogen-bond donors (Lipinski definition) is 0. The molecule has 2 heterocycles. The normalized spacial score (nSPS) is 12.4. The van der Waals surface area contributed by atoms with E-state index in [9.17, 15) is 0 Å². The zero-order valence-corrected chi connectivity index (χ0v) is 26.6. The summed E-state index contributed by atoms with van der Waals surface area (Å²) in [5.74, 6) is 0. The largest absolute Gasteiger partial charge is 0.455 e. The van der Waals surface area contributed by atoms with E-state index in [1.807, 2.05) is 12.1 Å². The summed E-state index contributed by atoms with van der Waals surface area (Å²) in [7, 11) is 0. The van der Waals surface area contributed by atoms with Gasteiger partial charge in [-0.2, -0.15) is 0 Å². The average Bonchev–Trinajstić information content (AvgIpc) is 3.72. The van der Waals surface area contributed by atoms with Crippen molar-refractivity contribution >= 4 is 94.2 Å². The summed E-state index contributed by atoms with van der Waals surface area (Å²) in [6.07, 6.45) is 0. The lowest BCUT2D eigenvalue weighted by molar-refractivity contribution is 0.676. The SMILES string of the molecule is C=Nc1c(/C(=N\Cn2c3ccccc3c3c4c5ccc6ccccc6c5oc4c4ccccc4c32)c2ccccc2)ccc2ccccc12. The van der Waals surface area contributed by atoms with Crippen LogP contribution in [0.4, 0.5) is 5.69 Å². The van der Waals surface area contributed by atoms with Gasteiger partial charge in [0.25, 0.3) is 0 Å². The van der Waals surface area contributed by atoms with E-state index in [1.165, 1.54) is 16.2 Å². The van der Waals surface area contributed by atoms with Gasteiger partial charge in [0.2, 0.25) is 0 Å². The quantitative estimate of drug-likeness (QED) is 0.175. The smallest absolute Gasteiger partial charge is 0.144 e. The zero-order valence-electron chi connectivity index (χ0n) is 26.6. The summed E-state index contributed by atoms with van der Waals surface area (Å²) in [4.78, 5) is 10.0. The van der Waals surface area contributed by atoms with Gasteiger partial charge in [-0.3, -0.25) is 9.98 Å². The summed E-state index contributed by atoms with van der Waals surface area (Å²) < 4.78 is 9.24. The lowest BCUT2D eigenvalue weighted by atomic mass is 9.96. The van der Waals surface area contributed by atoms with Crippen LogP contribution in [0.1, 0.15) is 11.1 Å². The molecule has 49 heavy (non-hydrogen) atoms. The van der Waals surface area contributed by atoms with E-state index in [1.54, 1.807) is 0 Å². The summed E-state index contributed by atoms with van der Waals surface area (Å²) in [5, 5.41) is 11.3. The Hall–Kier alpha value is -6.52. The van der Waals surface area contributed by atoms with E-state index < -0.39 is 0 Å². The van der Waals surface area contributed by atoms with Gasteiger partial charge in [-0.1, -0.05) is 133 Å². The topological polar surface area (TPSA) is 42.8 Å². The van der Waals surface area contributed by atoms with Gasteiger partial charge in [-0.25, -0.2) is 0 Å². The fourth-order valence-electron chi connectivity index (χ4n) is 7.82. The second kappa shape index (κ2) is 10.8. The Balaban J connectivity index is 1.30. The van der Waals surface area contributed by atoms with Crippen LogP contribution in [-0.4, -0.2) is 17.0 Å². The van der Waals surface area contributed by atoms with E-state index in [0.717, 1.165) is 82.4 Å². The molecule has 0 spiro atoms. The van der Waals surface area contributed by atoms with Crippen LogP contribution >= 0.6 is 0 Å². The van der Waals surface area contributed by atoms with Gasteiger partial charge in [0.05, 0.1) is 22.4 Å². The second-order valence-corrected chi connectivity index (χ2v) is 12.5. The van der Waals surface area contributed by atoms with Gasteiger partial charge in [0.15, 0.2) is 0 Å². The van der Waals surface area contributed by atoms with Crippen molar-refractivity contribution in [3.63, 3.8) is 0 Å². The van der Waals surface area contributed by atoms with E-state index >= 15 is 0 Å². The molecule has 10 aromatic rings. The minimum atomic E-state index is 0.409. The van der Waals surface area contributed by atoms with Crippen LogP contribution in [-0.2, 0) is 6.67 Å². The fourth-order valence-corrected chi connectivity index (χ4v) is 7.82. The molecular weight excluding hydrogens is 599 g/mol. The monoisotopic (exact) mass is 627 g/mol. The Kier molecular flexibility index (Phi) is 6.06. The highest BCUT2D eigenvalue weighted by Gasteiger charge is 2.23. The Labute approximate surface area is 281 Å². The van der Waals surface area contributed by atoms with E-state index in [-0.39, 0.29) is 0 Å². The molecule has 0 amide bonds. The van der Waals surface area contributed by atoms with Gasteiger partial charge >= 0.3 is 0 Å². The predicted molar refractivity (Wildman–Crippen MR) is 207 cm³/mol. The predicted octanol–water partition coefficient (Wildman–Crippen LogP) is 12.0. The molecule has 0 aliphatic heterocycles. The van der Waals surface area contributed by atoms with Crippen molar-refractivity contribution in [3.8, 4) is 0 Å². The molecule has 0 radical (unpaired) electrons. The molecule has 0 aliphatic rings. The molecule has 0 bridgehead atoms. The van der Waals surface area contributed by atoms with Gasteiger partial charge < -0.3 is 8.98 Å². The van der Waals surface area contributed by atoms with E-state index in [0.29, 0.717) is 6.67 Å². The lowest BCUT2D eigenvalue weighted by Gasteiger charge is -2.14. The summed E-state index contributed by atoms with van der Waals surface area (Å²) >= 11 is 0. The molecule has 0 aliphatic carbocycles. The molecule has 230 valence electrons. The number of hydrogen-bond acceptors (Lipinski definition) is 3. The molecule has 0 unspecified atom stereocenters. The molecule has 10 rings (SSSR count). The van der Waals surface area contributed by atoms with E-state index in [4.69, 9.17) is 9.41 Å². The maximum Gasteiger partial charge on any atom is 0.144 e. The minimum Gasteiger partial charge on any atom is -0.455 e. The Morgan fingerprint density at radius 1 is 0.531 bits per heavy atom. The third-order valence-corrected chi connectivity index (χ3v) is 9.96. The third kappa shape index (κ3) is 4.04. The van der Waals surface area contributed by atoms with Crippen LogP contribution in [0, 0.1) is 0 Å². The molecular formula is C45H29N3O. The molecule has 4 heteroatoms. The van der Waals surface area contributed by atoms with Gasteiger partial charge in [-0.15, -0.1) is 0 Å². The van der Waals surface area contributed by atoms with Crippen molar-refractivity contribution < 1.29 is 4.42 Å². The van der Waals surface area contributed by atoms with Crippen LogP contribution in [0.25, 0.3) is 76.1 Å². The Bertz CT molecular complexity index is 2980. The number of aliphatic imine (C=N–C) groups is 2. The summed E-state index contributed by atoms with van der Waals surface area (Å²) in [6, 6.07) is 53.2. The first-order valence-electron chi connectivity index (χ1n) is 16.5. The average molecular weight is 628 g/mol. The minimum absolute atomic E-state index is 0.409. The number of para-hydroxylation sites is 1. The fraction of sp³-hybridized carbons (Fsp3) is 0.0222. The first-order valence-corrected chi connectivity index (χ1v) is 16.5. The highest BCUT2D eigenvalue weighted by Crippen LogP contribution is 2.46. The van der Waals surface area contributed by atoms with Crippen LogP contribution in [0.2, 0.25) is 0 Å². The van der Waals surface area contributed by atoms with Gasteiger partial charge in [0, 0.05) is 54.2 Å². The molecule has 4 nitrogen and oxygen atoms in total. The van der Waals surface area contributed by atoms with Crippen molar-refractivity contribution in [2.75, 3.05) is 0 Å². The van der Waals surface area contributed by atoms with Crippen molar-refractivity contribution in [1.82, 2.24) is 4.57 Å². The molecule has 0 atom stereocenters. The maximum atomic E-state index is 6.87. The Morgan fingerprint density at radius 2 is 1.16 bits per heavy atom. The molecule has 0 N–H and O–H groups in total. The van der Waals surface area contributed by atoms with Crippen LogP contribution < -0.4 is 0 Å².